The number of para-hydroxylation sites is 1. The zero-order chi connectivity index (χ0) is 17.6. The molecular weight excluding hydrogens is 334 g/mol. The highest BCUT2D eigenvalue weighted by molar-refractivity contribution is 6.31. The number of carbonyl (C=O) groups is 1. The minimum absolute atomic E-state index is 0.0885. The van der Waals surface area contributed by atoms with Gasteiger partial charge in [0.05, 0.1) is 0 Å². The van der Waals surface area contributed by atoms with Crippen LogP contribution >= 0.6 is 11.6 Å². The van der Waals surface area contributed by atoms with E-state index in [0.717, 1.165) is 11.3 Å². The smallest absolute Gasteiger partial charge is 0.258 e. The van der Waals surface area contributed by atoms with Gasteiger partial charge in [0.25, 0.3) is 5.91 Å². The predicted molar refractivity (Wildman–Crippen MR) is 102 cm³/mol. The van der Waals surface area contributed by atoms with Gasteiger partial charge in [0.1, 0.15) is 5.82 Å². The summed E-state index contributed by atoms with van der Waals surface area (Å²) >= 11 is 6.16. The molecule has 0 saturated carbocycles. The second kappa shape index (κ2) is 7.81. The van der Waals surface area contributed by atoms with Crippen molar-refractivity contribution >= 4 is 29.0 Å². The van der Waals surface area contributed by atoms with Gasteiger partial charge in [0, 0.05) is 36.1 Å². The Kier molecular flexibility index (Phi) is 5.31. The number of hydrogen-bond donors (Lipinski definition) is 1. The molecule has 0 unspecified atom stereocenters. The molecular formula is C20H18ClN3O. The zero-order valence-corrected chi connectivity index (χ0v) is 14.6. The maximum atomic E-state index is 12.7. The van der Waals surface area contributed by atoms with Crippen molar-refractivity contribution in [2.45, 2.75) is 6.54 Å². The van der Waals surface area contributed by atoms with E-state index in [0.29, 0.717) is 22.9 Å². The standard InChI is InChI=1S/C20H18ClN3O/c1-24(17-8-3-2-4-9-17)20(25)15-11-12-22-19(13-15)23-14-16-7-5-6-10-18(16)21/h2-13H,14H2,1H3,(H,22,23). The lowest BCUT2D eigenvalue weighted by atomic mass is 10.2. The molecule has 0 aliphatic carbocycles. The van der Waals surface area contributed by atoms with Gasteiger partial charge < -0.3 is 10.2 Å². The fraction of sp³-hybridized carbons (Fsp3) is 0.100. The van der Waals surface area contributed by atoms with Crippen LogP contribution in [0.5, 0.6) is 0 Å². The van der Waals surface area contributed by atoms with Crippen LogP contribution in [0.25, 0.3) is 0 Å². The fourth-order valence-corrected chi connectivity index (χ4v) is 2.65. The third-order valence-electron chi connectivity index (χ3n) is 3.87. The summed E-state index contributed by atoms with van der Waals surface area (Å²) < 4.78 is 0. The minimum atomic E-state index is -0.0885. The first-order valence-corrected chi connectivity index (χ1v) is 8.29. The lowest BCUT2D eigenvalue weighted by Crippen LogP contribution is -2.26. The van der Waals surface area contributed by atoms with Crippen LogP contribution in [0.3, 0.4) is 0 Å². The lowest BCUT2D eigenvalue weighted by molar-refractivity contribution is 0.0993. The van der Waals surface area contributed by atoms with Gasteiger partial charge in [-0.05, 0) is 35.9 Å². The molecule has 1 amide bonds. The summed E-state index contributed by atoms with van der Waals surface area (Å²) in [5.74, 6) is 0.543. The predicted octanol–water partition coefficient (Wildman–Crippen LogP) is 4.62. The van der Waals surface area contributed by atoms with E-state index in [1.165, 1.54) is 0 Å². The number of rotatable bonds is 5. The van der Waals surface area contributed by atoms with E-state index in [1.54, 1.807) is 30.3 Å². The maximum Gasteiger partial charge on any atom is 0.258 e. The number of halogens is 1. The first kappa shape index (κ1) is 17.0. The van der Waals surface area contributed by atoms with Crippen molar-refractivity contribution in [3.63, 3.8) is 0 Å². The molecule has 0 radical (unpaired) electrons. The number of benzene rings is 2. The topological polar surface area (TPSA) is 45.2 Å². The molecule has 5 heteroatoms. The van der Waals surface area contributed by atoms with Crippen LogP contribution in [0.1, 0.15) is 15.9 Å². The molecule has 0 saturated heterocycles. The molecule has 0 bridgehead atoms. The summed E-state index contributed by atoms with van der Waals surface area (Å²) in [6.45, 7) is 0.541. The Balaban J connectivity index is 1.73. The Morgan fingerprint density at radius 3 is 2.56 bits per heavy atom. The monoisotopic (exact) mass is 351 g/mol. The van der Waals surface area contributed by atoms with Crippen molar-refractivity contribution in [1.29, 1.82) is 0 Å². The van der Waals surface area contributed by atoms with Crippen LogP contribution in [-0.2, 0) is 6.54 Å². The Hall–Kier alpha value is -2.85. The zero-order valence-electron chi connectivity index (χ0n) is 13.8. The molecule has 1 aromatic heterocycles. The molecule has 1 N–H and O–H groups in total. The number of nitrogens with zero attached hydrogens (tertiary/aromatic N) is 2. The van der Waals surface area contributed by atoms with Crippen molar-refractivity contribution in [3.8, 4) is 0 Å². The van der Waals surface area contributed by atoms with Crippen molar-refractivity contribution < 1.29 is 4.79 Å². The van der Waals surface area contributed by atoms with Crippen molar-refractivity contribution in [2.24, 2.45) is 0 Å². The van der Waals surface area contributed by atoms with Crippen LogP contribution in [0.4, 0.5) is 11.5 Å². The van der Waals surface area contributed by atoms with E-state index in [4.69, 9.17) is 11.6 Å². The summed E-state index contributed by atoms with van der Waals surface area (Å²) in [4.78, 5) is 18.6. The number of nitrogens with one attached hydrogen (secondary N) is 1. The Bertz CT molecular complexity index is 868. The Morgan fingerprint density at radius 2 is 1.80 bits per heavy atom. The third kappa shape index (κ3) is 4.17. The van der Waals surface area contributed by atoms with Gasteiger partial charge in [-0.2, -0.15) is 0 Å². The van der Waals surface area contributed by atoms with E-state index in [1.807, 2.05) is 54.6 Å². The van der Waals surface area contributed by atoms with E-state index >= 15 is 0 Å². The number of anilines is 2. The molecule has 126 valence electrons. The summed E-state index contributed by atoms with van der Waals surface area (Å²) in [6, 6.07) is 20.6. The normalized spacial score (nSPS) is 10.3. The molecule has 25 heavy (non-hydrogen) atoms. The van der Waals surface area contributed by atoms with E-state index in [9.17, 15) is 4.79 Å². The van der Waals surface area contributed by atoms with Crippen molar-refractivity contribution in [2.75, 3.05) is 17.3 Å². The molecule has 0 atom stereocenters. The molecule has 0 spiro atoms. The average molecular weight is 352 g/mol. The van der Waals surface area contributed by atoms with Gasteiger partial charge in [0.15, 0.2) is 0 Å². The van der Waals surface area contributed by atoms with Gasteiger partial charge in [-0.25, -0.2) is 4.98 Å². The number of aromatic nitrogens is 1. The number of hydrogen-bond acceptors (Lipinski definition) is 3. The van der Waals surface area contributed by atoms with Gasteiger partial charge >= 0.3 is 0 Å². The van der Waals surface area contributed by atoms with Crippen LogP contribution in [0.2, 0.25) is 5.02 Å². The van der Waals surface area contributed by atoms with Gasteiger partial charge in [-0.3, -0.25) is 4.79 Å². The first-order chi connectivity index (χ1) is 12.1. The second-order valence-corrected chi connectivity index (χ2v) is 5.98. The SMILES string of the molecule is CN(C(=O)c1ccnc(NCc2ccccc2Cl)c1)c1ccccc1. The highest BCUT2D eigenvalue weighted by atomic mass is 35.5. The van der Waals surface area contributed by atoms with E-state index < -0.39 is 0 Å². The Morgan fingerprint density at radius 1 is 1.08 bits per heavy atom. The lowest BCUT2D eigenvalue weighted by Gasteiger charge is -2.17. The maximum absolute atomic E-state index is 12.7. The van der Waals surface area contributed by atoms with Gasteiger partial charge in [-0.1, -0.05) is 48.0 Å². The fourth-order valence-electron chi connectivity index (χ4n) is 2.45. The third-order valence-corrected chi connectivity index (χ3v) is 4.24. The molecule has 2 aromatic carbocycles. The van der Waals surface area contributed by atoms with Gasteiger partial charge in [0.2, 0.25) is 0 Å². The average Bonchev–Trinajstić information content (AvgIpc) is 2.67. The minimum Gasteiger partial charge on any atom is -0.366 e. The number of carbonyl (C=O) groups excluding carboxylic acids is 1. The molecule has 1 heterocycles. The van der Waals surface area contributed by atoms with E-state index in [-0.39, 0.29) is 5.91 Å². The van der Waals surface area contributed by atoms with Crippen LogP contribution in [0, 0.1) is 0 Å². The largest absolute Gasteiger partial charge is 0.366 e. The molecule has 3 aromatic rings. The summed E-state index contributed by atoms with van der Waals surface area (Å²) in [7, 11) is 1.76. The Labute approximate surface area is 152 Å². The summed E-state index contributed by atoms with van der Waals surface area (Å²) in [5, 5.41) is 3.91. The molecule has 0 fully saturated rings. The first-order valence-electron chi connectivity index (χ1n) is 7.91. The number of pyridine rings is 1. The second-order valence-electron chi connectivity index (χ2n) is 5.57. The quantitative estimate of drug-likeness (QED) is 0.729. The van der Waals surface area contributed by atoms with Gasteiger partial charge in [-0.15, -0.1) is 0 Å². The molecule has 4 nitrogen and oxygen atoms in total. The van der Waals surface area contributed by atoms with Crippen LogP contribution < -0.4 is 10.2 Å². The van der Waals surface area contributed by atoms with Crippen molar-refractivity contribution in [3.05, 3.63) is 89.1 Å². The molecule has 0 aliphatic heterocycles. The molecule has 0 aliphatic rings. The van der Waals surface area contributed by atoms with Crippen LogP contribution in [-0.4, -0.2) is 17.9 Å². The van der Waals surface area contributed by atoms with Crippen molar-refractivity contribution in [1.82, 2.24) is 4.98 Å². The van der Waals surface area contributed by atoms with Crippen LogP contribution in [0.15, 0.2) is 72.9 Å². The summed E-state index contributed by atoms with van der Waals surface area (Å²) in [5.41, 5.74) is 2.39. The molecule has 3 rings (SSSR count). The number of amides is 1. The highest BCUT2D eigenvalue weighted by Gasteiger charge is 2.14. The van der Waals surface area contributed by atoms with E-state index in [2.05, 4.69) is 10.3 Å². The summed E-state index contributed by atoms with van der Waals surface area (Å²) in [6.07, 6.45) is 1.63. The highest BCUT2D eigenvalue weighted by Crippen LogP contribution is 2.18.